The van der Waals surface area contributed by atoms with Gasteiger partial charge in [-0.2, -0.15) is 5.26 Å². The standard InChI is InChI=1S/C22H23N3O4/c1-4-6-17-19(22(27)28-5-2)18(15(11-23)20(24)29-17)14-10-13-9-12(3)7-8-16(13)25-21(14)26/h7-10,18H,4-6,24H2,1-3H3,(H,25,26). The van der Waals surface area contributed by atoms with Crippen LogP contribution in [0, 0.1) is 18.3 Å². The summed E-state index contributed by atoms with van der Waals surface area (Å²) in [6.45, 7) is 5.72. The number of nitriles is 1. The van der Waals surface area contributed by atoms with Gasteiger partial charge < -0.3 is 20.2 Å². The van der Waals surface area contributed by atoms with Crippen molar-refractivity contribution in [2.45, 2.75) is 39.5 Å². The van der Waals surface area contributed by atoms with Crippen molar-refractivity contribution in [1.29, 1.82) is 5.26 Å². The summed E-state index contributed by atoms with van der Waals surface area (Å²) >= 11 is 0. The average Bonchev–Trinajstić information content (AvgIpc) is 2.67. The first-order valence-corrected chi connectivity index (χ1v) is 9.52. The number of nitrogens with one attached hydrogen (secondary N) is 1. The van der Waals surface area contributed by atoms with E-state index in [0.717, 1.165) is 10.9 Å². The number of fused-ring (bicyclic) bond motifs is 1. The summed E-state index contributed by atoms with van der Waals surface area (Å²) in [5, 5.41) is 10.5. The second-order valence-corrected chi connectivity index (χ2v) is 6.88. The molecule has 0 amide bonds. The van der Waals surface area contributed by atoms with E-state index >= 15 is 0 Å². The molecule has 3 rings (SSSR count). The number of H-pyrrole nitrogens is 1. The van der Waals surface area contributed by atoms with E-state index in [2.05, 4.69) is 4.98 Å². The predicted octanol–water partition coefficient (Wildman–Crippen LogP) is 3.26. The molecule has 1 atom stereocenters. The van der Waals surface area contributed by atoms with Crippen molar-refractivity contribution < 1.29 is 14.3 Å². The van der Waals surface area contributed by atoms with E-state index in [0.29, 0.717) is 24.1 Å². The fourth-order valence-electron chi connectivity index (χ4n) is 3.53. The Morgan fingerprint density at radius 2 is 2.10 bits per heavy atom. The number of benzene rings is 1. The predicted molar refractivity (Wildman–Crippen MR) is 109 cm³/mol. The number of nitrogens with zero attached hydrogens (tertiary/aromatic N) is 1. The van der Waals surface area contributed by atoms with Crippen molar-refractivity contribution in [3.63, 3.8) is 0 Å². The lowest BCUT2D eigenvalue weighted by Crippen LogP contribution is -2.29. The maximum absolute atomic E-state index is 12.9. The highest BCUT2D eigenvalue weighted by atomic mass is 16.5. The molecule has 1 aromatic carbocycles. The maximum atomic E-state index is 12.9. The molecule has 1 aromatic heterocycles. The molecule has 3 N–H and O–H groups in total. The van der Waals surface area contributed by atoms with Gasteiger partial charge in [0.1, 0.15) is 17.4 Å². The molecule has 0 bridgehead atoms. The van der Waals surface area contributed by atoms with Gasteiger partial charge in [-0.05, 0) is 43.9 Å². The molecule has 0 aliphatic carbocycles. The first-order chi connectivity index (χ1) is 13.9. The van der Waals surface area contributed by atoms with Gasteiger partial charge in [0.2, 0.25) is 5.88 Å². The molecular formula is C22H23N3O4. The largest absolute Gasteiger partial charge is 0.463 e. The quantitative estimate of drug-likeness (QED) is 0.753. The third-order valence-corrected chi connectivity index (χ3v) is 4.81. The molecule has 7 heteroatoms. The zero-order valence-corrected chi connectivity index (χ0v) is 16.7. The van der Waals surface area contributed by atoms with Crippen LogP contribution >= 0.6 is 0 Å². The van der Waals surface area contributed by atoms with Gasteiger partial charge in [0.25, 0.3) is 5.56 Å². The van der Waals surface area contributed by atoms with Gasteiger partial charge in [-0.15, -0.1) is 0 Å². The van der Waals surface area contributed by atoms with E-state index < -0.39 is 17.4 Å². The molecule has 0 radical (unpaired) electrons. The van der Waals surface area contributed by atoms with E-state index in [1.165, 1.54) is 0 Å². The summed E-state index contributed by atoms with van der Waals surface area (Å²) in [6.07, 6.45) is 1.11. The van der Waals surface area contributed by atoms with E-state index in [1.807, 2.05) is 38.1 Å². The number of hydrogen-bond donors (Lipinski definition) is 2. The SMILES string of the molecule is CCCC1=C(C(=O)OCC)C(c2cc3cc(C)ccc3[nH]c2=O)C(C#N)=C(N)O1. The molecule has 29 heavy (non-hydrogen) atoms. The van der Waals surface area contributed by atoms with Crippen LogP contribution in [0.4, 0.5) is 0 Å². The number of carbonyl (C=O) groups is 1. The zero-order chi connectivity index (χ0) is 21.1. The Labute approximate surface area is 168 Å². The van der Waals surface area contributed by atoms with Crippen LogP contribution in [0.5, 0.6) is 0 Å². The zero-order valence-electron chi connectivity index (χ0n) is 16.7. The number of aromatic amines is 1. The Bertz CT molecular complexity index is 1130. The lowest BCUT2D eigenvalue weighted by Gasteiger charge is -2.27. The minimum atomic E-state index is -0.956. The number of ether oxygens (including phenoxy) is 2. The smallest absolute Gasteiger partial charge is 0.338 e. The van der Waals surface area contributed by atoms with E-state index in [-0.39, 0.29) is 29.2 Å². The summed E-state index contributed by atoms with van der Waals surface area (Å²) in [5.74, 6) is -1.35. The van der Waals surface area contributed by atoms with Crippen LogP contribution in [-0.2, 0) is 14.3 Å². The van der Waals surface area contributed by atoms with Crippen molar-refractivity contribution in [2.24, 2.45) is 5.73 Å². The van der Waals surface area contributed by atoms with Crippen molar-refractivity contribution in [1.82, 2.24) is 4.98 Å². The van der Waals surface area contributed by atoms with E-state index in [9.17, 15) is 14.9 Å². The van der Waals surface area contributed by atoms with E-state index in [1.54, 1.807) is 13.0 Å². The third kappa shape index (κ3) is 3.74. The van der Waals surface area contributed by atoms with Gasteiger partial charge in [-0.1, -0.05) is 18.6 Å². The number of allylic oxidation sites excluding steroid dienone is 2. The number of rotatable bonds is 5. The highest BCUT2D eigenvalue weighted by Gasteiger charge is 2.38. The lowest BCUT2D eigenvalue weighted by molar-refractivity contribution is -0.139. The normalized spacial score (nSPS) is 16.6. The fourth-order valence-corrected chi connectivity index (χ4v) is 3.53. The molecule has 0 saturated carbocycles. The molecule has 1 aliphatic heterocycles. The van der Waals surface area contributed by atoms with Gasteiger partial charge in [-0.25, -0.2) is 4.79 Å². The molecule has 1 aliphatic rings. The van der Waals surface area contributed by atoms with Gasteiger partial charge in [0, 0.05) is 17.5 Å². The summed E-state index contributed by atoms with van der Waals surface area (Å²) in [5.41, 5.74) is 7.71. The number of esters is 1. The van der Waals surface area contributed by atoms with Crippen LogP contribution in [0.25, 0.3) is 10.9 Å². The number of nitrogens with two attached hydrogens (primary N) is 1. The number of hydrogen-bond acceptors (Lipinski definition) is 6. The molecule has 2 heterocycles. The molecule has 0 spiro atoms. The van der Waals surface area contributed by atoms with Crippen LogP contribution in [0.2, 0.25) is 0 Å². The topological polar surface area (TPSA) is 118 Å². The van der Waals surface area contributed by atoms with Gasteiger partial charge in [0.05, 0.1) is 18.1 Å². The Kier molecular flexibility index (Phi) is 5.74. The Morgan fingerprint density at radius 3 is 2.76 bits per heavy atom. The molecule has 2 aromatic rings. The van der Waals surface area contributed by atoms with Crippen molar-refractivity contribution in [2.75, 3.05) is 6.61 Å². The summed E-state index contributed by atoms with van der Waals surface area (Å²) < 4.78 is 10.8. The first kappa shape index (κ1) is 20.2. The number of aryl methyl sites for hydroxylation is 1. The molecule has 0 saturated heterocycles. The Balaban J connectivity index is 2.31. The monoisotopic (exact) mass is 393 g/mol. The molecule has 150 valence electrons. The number of aromatic nitrogens is 1. The van der Waals surface area contributed by atoms with Gasteiger partial charge >= 0.3 is 5.97 Å². The summed E-state index contributed by atoms with van der Waals surface area (Å²) in [7, 11) is 0. The van der Waals surface area contributed by atoms with Crippen molar-refractivity contribution in [3.05, 3.63) is 68.5 Å². The molecular weight excluding hydrogens is 370 g/mol. The average molecular weight is 393 g/mol. The third-order valence-electron chi connectivity index (χ3n) is 4.81. The Hall–Kier alpha value is -3.53. The van der Waals surface area contributed by atoms with Crippen LogP contribution in [0.1, 0.15) is 43.7 Å². The maximum Gasteiger partial charge on any atom is 0.338 e. The second-order valence-electron chi connectivity index (χ2n) is 6.88. The molecule has 0 fully saturated rings. The number of pyridine rings is 1. The van der Waals surface area contributed by atoms with Crippen molar-refractivity contribution in [3.8, 4) is 6.07 Å². The minimum absolute atomic E-state index is 0.0189. The van der Waals surface area contributed by atoms with Crippen LogP contribution < -0.4 is 11.3 Å². The fraction of sp³-hybridized carbons (Fsp3) is 0.318. The molecule has 7 nitrogen and oxygen atoms in total. The van der Waals surface area contributed by atoms with Crippen LogP contribution in [0.15, 0.2) is 51.8 Å². The summed E-state index contributed by atoms with van der Waals surface area (Å²) in [6, 6.07) is 9.35. The van der Waals surface area contributed by atoms with Gasteiger partial charge in [0.15, 0.2) is 0 Å². The highest BCUT2D eigenvalue weighted by Crippen LogP contribution is 2.40. The highest BCUT2D eigenvalue weighted by molar-refractivity contribution is 5.93. The van der Waals surface area contributed by atoms with Crippen LogP contribution in [-0.4, -0.2) is 17.6 Å². The van der Waals surface area contributed by atoms with Crippen LogP contribution in [0.3, 0.4) is 0 Å². The van der Waals surface area contributed by atoms with E-state index in [4.69, 9.17) is 15.2 Å². The lowest BCUT2D eigenvalue weighted by atomic mass is 9.82. The second kappa shape index (κ2) is 8.23. The Morgan fingerprint density at radius 1 is 1.34 bits per heavy atom. The molecule has 1 unspecified atom stereocenters. The van der Waals surface area contributed by atoms with Gasteiger partial charge in [-0.3, -0.25) is 4.79 Å². The summed E-state index contributed by atoms with van der Waals surface area (Å²) in [4.78, 5) is 28.6. The first-order valence-electron chi connectivity index (χ1n) is 9.52. The number of carbonyl (C=O) groups excluding carboxylic acids is 1. The minimum Gasteiger partial charge on any atom is -0.463 e. The van der Waals surface area contributed by atoms with Crippen molar-refractivity contribution >= 4 is 16.9 Å².